The summed E-state index contributed by atoms with van der Waals surface area (Å²) in [6.45, 7) is 0. The lowest BCUT2D eigenvalue weighted by atomic mass is 10.1. The van der Waals surface area contributed by atoms with Gasteiger partial charge < -0.3 is 4.57 Å². The van der Waals surface area contributed by atoms with Crippen LogP contribution in [0.2, 0.25) is 15.1 Å². The van der Waals surface area contributed by atoms with E-state index in [-0.39, 0.29) is 27.6 Å². The summed E-state index contributed by atoms with van der Waals surface area (Å²) in [6.07, 6.45) is 1.53. The van der Waals surface area contributed by atoms with E-state index in [4.69, 9.17) is 34.8 Å². The molecule has 4 aromatic rings. The van der Waals surface area contributed by atoms with Gasteiger partial charge in [-0.05, 0) is 42.5 Å². The van der Waals surface area contributed by atoms with Gasteiger partial charge in [-0.2, -0.15) is 0 Å². The number of carbonyl (C=O) groups is 1. The highest BCUT2D eigenvalue weighted by molar-refractivity contribution is 7.99. The zero-order valence-corrected chi connectivity index (χ0v) is 18.6. The van der Waals surface area contributed by atoms with E-state index < -0.39 is 0 Å². The predicted molar refractivity (Wildman–Crippen MR) is 121 cm³/mol. The van der Waals surface area contributed by atoms with Gasteiger partial charge in [0, 0.05) is 22.7 Å². The molecular weight excluding hydrogens is 467 g/mol. The van der Waals surface area contributed by atoms with Crippen LogP contribution in [0.15, 0.2) is 58.7 Å². The van der Waals surface area contributed by atoms with E-state index in [1.165, 1.54) is 17.0 Å². The number of benzene rings is 2. The first-order chi connectivity index (χ1) is 14.3. The standard InChI is InChI=1S/C20H13Cl3N4O2S/c1-26-10-24-17-18(26)25-20(27(19(17)29)13-5-2-11(21)3-6-13)30-9-16(28)14-7-4-12(22)8-15(14)23/h2-8,10H,9H2,1H3. The number of nitrogens with zero attached hydrogens (tertiary/aromatic N) is 4. The number of thioether (sulfide) groups is 1. The van der Waals surface area contributed by atoms with Crippen molar-refractivity contribution in [3.05, 3.63) is 79.8 Å². The Kier molecular flexibility index (Phi) is 5.88. The third kappa shape index (κ3) is 3.98. The Balaban J connectivity index is 1.76. The van der Waals surface area contributed by atoms with Crippen LogP contribution in [0.25, 0.3) is 16.9 Å². The number of rotatable bonds is 5. The molecular formula is C20H13Cl3N4O2S. The highest BCUT2D eigenvalue weighted by Crippen LogP contribution is 2.26. The number of hydrogen-bond donors (Lipinski definition) is 0. The van der Waals surface area contributed by atoms with E-state index >= 15 is 0 Å². The number of fused-ring (bicyclic) bond motifs is 1. The van der Waals surface area contributed by atoms with Gasteiger partial charge in [0.15, 0.2) is 22.1 Å². The normalized spacial score (nSPS) is 11.2. The van der Waals surface area contributed by atoms with Crippen LogP contribution in [0.5, 0.6) is 0 Å². The molecule has 152 valence electrons. The van der Waals surface area contributed by atoms with Crippen molar-refractivity contribution in [2.24, 2.45) is 7.05 Å². The number of halogens is 3. The van der Waals surface area contributed by atoms with Crippen molar-refractivity contribution < 1.29 is 4.79 Å². The maximum atomic E-state index is 13.1. The summed E-state index contributed by atoms with van der Waals surface area (Å²) in [4.78, 5) is 34.6. The Morgan fingerprint density at radius 2 is 1.77 bits per heavy atom. The number of hydrogen-bond acceptors (Lipinski definition) is 5. The quantitative estimate of drug-likeness (QED) is 0.227. The molecule has 0 spiro atoms. The van der Waals surface area contributed by atoms with Crippen molar-refractivity contribution in [3.63, 3.8) is 0 Å². The van der Waals surface area contributed by atoms with Crippen LogP contribution in [-0.4, -0.2) is 30.6 Å². The van der Waals surface area contributed by atoms with Crippen molar-refractivity contribution in [1.82, 2.24) is 19.1 Å². The Bertz CT molecular complexity index is 1330. The van der Waals surface area contributed by atoms with Crippen LogP contribution in [0, 0.1) is 0 Å². The summed E-state index contributed by atoms with van der Waals surface area (Å²) >= 11 is 19.2. The highest BCUT2D eigenvalue weighted by atomic mass is 35.5. The molecule has 4 rings (SSSR count). The number of Topliss-reactive ketones (excluding diaryl/α,β-unsaturated/α-hetero) is 1. The maximum absolute atomic E-state index is 13.1. The van der Waals surface area contributed by atoms with E-state index in [2.05, 4.69) is 9.97 Å². The van der Waals surface area contributed by atoms with Crippen molar-refractivity contribution in [3.8, 4) is 5.69 Å². The molecule has 0 bridgehead atoms. The molecule has 0 fully saturated rings. The largest absolute Gasteiger partial charge is 0.318 e. The lowest BCUT2D eigenvalue weighted by Crippen LogP contribution is -2.22. The number of aromatic nitrogens is 4. The van der Waals surface area contributed by atoms with Crippen LogP contribution in [-0.2, 0) is 7.05 Å². The Morgan fingerprint density at radius 3 is 2.47 bits per heavy atom. The molecule has 30 heavy (non-hydrogen) atoms. The van der Waals surface area contributed by atoms with Gasteiger partial charge in [0.25, 0.3) is 5.56 Å². The van der Waals surface area contributed by atoms with Crippen molar-refractivity contribution in [1.29, 1.82) is 0 Å². The molecule has 0 atom stereocenters. The smallest absolute Gasteiger partial charge is 0.286 e. The first kappa shape index (κ1) is 20.9. The highest BCUT2D eigenvalue weighted by Gasteiger charge is 2.19. The number of ketones is 1. The Hall–Kier alpha value is -2.32. The molecule has 6 nitrogen and oxygen atoms in total. The van der Waals surface area contributed by atoms with Crippen molar-refractivity contribution in [2.45, 2.75) is 5.16 Å². The molecule has 0 N–H and O–H groups in total. The zero-order chi connectivity index (χ0) is 21.4. The minimum Gasteiger partial charge on any atom is -0.318 e. The molecule has 0 unspecified atom stereocenters. The molecule has 0 saturated carbocycles. The van der Waals surface area contributed by atoms with Gasteiger partial charge >= 0.3 is 0 Å². The first-order valence-electron chi connectivity index (χ1n) is 8.66. The Labute approximate surface area is 190 Å². The Morgan fingerprint density at radius 1 is 1.07 bits per heavy atom. The minimum atomic E-state index is -0.331. The summed E-state index contributed by atoms with van der Waals surface area (Å²) in [6, 6.07) is 11.5. The fraction of sp³-hybridized carbons (Fsp3) is 0.100. The van der Waals surface area contributed by atoms with Crippen molar-refractivity contribution in [2.75, 3.05) is 5.75 Å². The molecule has 0 radical (unpaired) electrons. The second-order valence-electron chi connectivity index (χ2n) is 6.38. The minimum absolute atomic E-state index is 0.0325. The summed E-state index contributed by atoms with van der Waals surface area (Å²) in [5.74, 6) is -0.172. The van der Waals surface area contributed by atoms with Gasteiger partial charge in [-0.1, -0.05) is 46.6 Å². The summed E-state index contributed by atoms with van der Waals surface area (Å²) in [5, 5.41) is 1.62. The second kappa shape index (κ2) is 8.43. The monoisotopic (exact) mass is 478 g/mol. The van der Waals surface area contributed by atoms with Gasteiger partial charge in [-0.15, -0.1) is 0 Å². The summed E-state index contributed by atoms with van der Waals surface area (Å²) in [7, 11) is 1.75. The fourth-order valence-corrected chi connectivity index (χ4v) is 4.40. The molecule has 0 aliphatic heterocycles. The fourth-order valence-electron chi connectivity index (χ4n) is 2.88. The summed E-state index contributed by atoms with van der Waals surface area (Å²) in [5.41, 5.74) is 1.27. The van der Waals surface area contributed by atoms with Crippen LogP contribution < -0.4 is 5.56 Å². The molecule has 0 saturated heterocycles. The van der Waals surface area contributed by atoms with E-state index in [1.54, 1.807) is 48.0 Å². The van der Waals surface area contributed by atoms with Crippen LogP contribution in [0.3, 0.4) is 0 Å². The topological polar surface area (TPSA) is 69.8 Å². The van der Waals surface area contributed by atoms with Crippen molar-refractivity contribution >= 4 is 63.5 Å². The molecule has 0 aliphatic carbocycles. The molecule has 0 amide bonds. The van der Waals surface area contributed by atoms with Crippen LogP contribution in [0.4, 0.5) is 0 Å². The van der Waals surface area contributed by atoms with Gasteiger partial charge in [-0.3, -0.25) is 14.2 Å². The molecule has 2 aromatic heterocycles. The van der Waals surface area contributed by atoms with Gasteiger partial charge in [0.05, 0.1) is 22.8 Å². The molecule has 2 aromatic carbocycles. The van der Waals surface area contributed by atoms with Crippen LogP contribution >= 0.6 is 46.6 Å². The zero-order valence-electron chi connectivity index (χ0n) is 15.5. The average Bonchev–Trinajstić information content (AvgIpc) is 3.08. The van der Waals surface area contributed by atoms with E-state index in [0.29, 0.717) is 32.1 Å². The lowest BCUT2D eigenvalue weighted by molar-refractivity contribution is 0.102. The summed E-state index contributed by atoms with van der Waals surface area (Å²) < 4.78 is 3.08. The first-order valence-corrected chi connectivity index (χ1v) is 10.8. The van der Waals surface area contributed by atoms with Gasteiger partial charge in [0.2, 0.25) is 0 Å². The average molecular weight is 480 g/mol. The van der Waals surface area contributed by atoms with E-state index in [1.807, 2.05) is 0 Å². The maximum Gasteiger partial charge on any atom is 0.286 e. The molecule has 10 heteroatoms. The third-order valence-electron chi connectivity index (χ3n) is 4.35. The van der Waals surface area contributed by atoms with Gasteiger partial charge in [0.1, 0.15) is 0 Å². The van der Waals surface area contributed by atoms with Gasteiger partial charge in [-0.25, -0.2) is 9.97 Å². The lowest BCUT2D eigenvalue weighted by Gasteiger charge is -2.12. The number of aryl methyl sites for hydroxylation is 1. The predicted octanol–water partition coefficient (Wildman–Crippen LogP) is 5.05. The number of imidazole rings is 1. The second-order valence-corrected chi connectivity index (χ2v) is 8.60. The number of carbonyl (C=O) groups excluding carboxylic acids is 1. The van der Waals surface area contributed by atoms with E-state index in [9.17, 15) is 9.59 Å². The van der Waals surface area contributed by atoms with E-state index in [0.717, 1.165) is 11.8 Å². The van der Waals surface area contributed by atoms with Crippen LogP contribution in [0.1, 0.15) is 10.4 Å². The molecule has 0 aliphatic rings. The molecule has 2 heterocycles. The third-order valence-corrected chi connectivity index (χ3v) is 6.09. The SMILES string of the molecule is Cn1cnc2c(=O)n(-c3ccc(Cl)cc3)c(SCC(=O)c3ccc(Cl)cc3Cl)nc21.